The van der Waals surface area contributed by atoms with E-state index in [1.165, 1.54) is 6.20 Å². The third-order valence-electron chi connectivity index (χ3n) is 2.31. The lowest BCUT2D eigenvalue weighted by atomic mass is 10.3. The van der Waals surface area contributed by atoms with E-state index in [0.717, 1.165) is 5.69 Å². The Hall–Kier alpha value is -1.73. The highest BCUT2D eigenvalue weighted by molar-refractivity contribution is 5.75. The molecular formula is C10H18N6O. The molecule has 0 unspecified atom stereocenters. The number of aromatic nitrogens is 2. The largest absolute Gasteiger partial charge is 0.369 e. The molecule has 5 N–H and O–H groups in total. The number of nitrogens with one attached hydrogen (secondary N) is 1. The van der Waals surface area contributed by atoms with Crippen LogP contribution < -0.4 is 17.0 Å². The third-order valence-corrected chi connectivity index (χ3v) is 2.31. The van der Waals surface area contributed by atoms with Gasteiger partial charge in [-0.15, -0.1) is 0 Å². The number of nitrogen functional groups attached to an aromatic ring is 1. The first-order valence-corrected chi connectivity index (χ1v) is 5.32. The van der Waals surface area contributed by atoms with Crippen LogP contribution in [0.25, 0.3) is 0 Å². The molecule has 94 valence electrons. The predicted octanol–water partition coefficient (Wildman–Crippen LogP) is -0.542. The van der Waals surface area contributed by atoms with E-state index in [-0.39, 0.29) is 18.5 Å². The van der Waals surface area contributed by atoms with Gasteiger partial charge in [0.15, 0.2) is 5.82 Å². The first kappa shape index (κ1) is 13.3. The standard InChI is InChI=1S/C10H18N6O/c1-7(2)16(6-9(11)17)5-8-3-14-10(15-12)4-13-8/h3-4,7H,5-6,12H2,1-2H3,(H2,11,17)(H,14,15). The van der Waals surface area contributed by atoms with Crippen molar-refractivity contribution in [3.05, 3.63) is 18.1 Å². The minimum Gasteiger partial charge on any atom is -0.369 e. The van der Waals surface area contributed by atoms with Gasteiger partial charge in [0.05, 0.1) is 24.6 Å². The molecule has 1 rings (SSSR count). The van der Waals surface area contributed by atoms with Crippen molar-refractivity contribution in [3.8, 4) is 0 Å². The fourth-order valence-electron chi connectivity index (χ4n) is 1.34. The van der Waals surface area contributed by atoms with Gasteiger partial charge in [-0.2, -0.15) is 0 Å². The zero-order valence-corrected chi connectivity index (χ0v) is 10.1. The van der Waals surface area contributed by atoms with Crippen LogP contribution in [0.1, 0.15) is 19.5 Å². The van der Waals surface area contributed by atoms with Crippen molar-refractivity contribution in [1.29, 1.82) is 0 Å². The Morgan fingerprint density at radius 1 is 1.47 bits per heavy atom. The molecule has 1 heterocycles. The molecule has 1 aromatic rings. The zero-order chi connectivity index (χ0) is 12.8. The highest BCUT2D eigenvalue weighted by atomic mass is 16.1. The van der Waals surface area contributed by atoms with Crippen LogP contribution in [0.15, 0.2) is 12.4 Å². The van der Waals surface area contributed by atoms with Gasteiger partial charge in [-0.25, -0.2) is 10.8 Å². The van der Waals surface area contributed by atoms with Crippen molar-refractivity contribution in [2.75, 3.05) is 12.0 Å². The number of hydrogen-bond acceptors (Lipinski definition) is 6. The average Bonchev–Trinajstić information content (AvgIpc) is 2.28. The molecule has 0 atom stereocenters. The summed E-state index contributed by atoms with van der Waals surface area (Å²) in [5.41, 5.74) is 8.35. The molecule has 0 aliphatic carbocycles. The van der Waals surface area contributed by atoms with Gasteiger partial charge in [0.25, 0.3) is 0 Å². The summed E-state index contributed by atoms with van der Waals surface area (Å²) in [7, 11) is 0. The second-order valence-corrected chi connectivity index (χ2v) is 4.00. The molecule has 0 radical (unpaired) electrons. The van der Waals surface area contributed by atoms with Gasteiger partial charge in [-0.05, 0) is 13.8 Å². The Kier molecular flexibility index (Phi) is 4.80. The summed E-state index contributed by atoms with van der Waals surface area (Å²) in [5.74, 6) is 5.34. The fourth-order valence-corrected chi connectivity index (χ4v) is 1.34. The van der Waals surface area contributed by atoms with Crippen LogP contribution in [0.4, 0.5) is 5.82 Å². The molecule has 17 heavy (non-hydrogen) atoms. The second kappa shape index (κ2) is 6.12. The van der Waals surface area contributed by atoms with Crippen molar-refractivity contribution >= 4 is 11.7 Å². The summed E-state index contributed by atoms with van der Waals surface area (Å²) in [6.07, 6.45) is 3.16. The molecule has 1 aromatic heterocycles. The number of hydrazine groups is 1. The van der Waals surface area contributed by atoms with E-state index in [1.807, 2.05) is 18.7 Å². The average molecular weight is 238 g/mol. The molecule has 0 aliphatic rings. The lowest BCUT2D eigenvalue weighted by Gasteiger charge is -2.24. The van der Waals surface area contributed by atoms with E-state index in [9.17, 15) is 4.79 Å². The Balaban J connectivity index is 2.68. The quantitative estimate of drug-likeness (QED) is 0.453. The molecule has 0 spiro atoms. The van der Waals surface area contributed by atoms with Crippen LogP contribution >= 0.6 is 0 Å². The van der Waals surface area contributed by atoms with Crippen LogP contribution in [0, 0.1) is 0 Å². The van der Waals surface area contributed by atoms with Crippen LogP contribution in [0.2, 0.25) is 0 Å². The lowest BCUT2D eigenvalue weighted by molar-refractivity contribution is -0.119. The first-order chi connectivity index (χ1) is 8.02. The molecule has 0 aromatic carbocycles. The topological polar surface area (TPSA) is 110 Å². The van der Waals surface area contributed by atoms with E-state index in [4.69, 9.17) is 11.6 Å². The van der Waals surface area contributed by atoms with E-state index < -0.39 is 0 Å². The maximum atomic E-state index is 10.9. The van der Waals surface area contributed by atoms with Crippen molar-refractivity contribution in [2.24, 2.45) is 11.6 Å². The second-order valence-electron chi connectivity index (χ2n) is 4.00. The molecule has 0 saturated carbocycles. The van der Waals surface area contributed by atoms with Gasteiger partial charge in [0.1, 0.15) is 0 Å². The highest BCUT2D eigenvalue weighted by Gasteiger charge is 2.13. The van der Waals surface area contributed by atoms with Crippen molar-refractivity contribution in [2.45, 2.75) is 26.4 Å². The van der Waals surface area contributed by atoms with Crippen LogP contribution in [0.5, 0.6) is 0 Å². The molecule has 1 amide bonds. The van der Waals surface area contributed by atoms with Gasteiger partial charge < -0.3 is 11.2 Å². The van der Waals surface area contributed by atoms with Crippen molar-refractivity contribution in [1.82, 2.24) is 14.9 Å². The number of anilines is 1. The molecule has 0 saturated heterocycles. The number of carbonyl (C=O) groups excluding carboxylic acids is 1. The van der Waals surface area contributed by atoms with Gasteiger partial charge in [-0.3, -0.25) is 14.7 Å². The highest BCUT2D eigenvalue weighted by Crippen LogP contribution is 2.06. The maximum absolute atomic E-state index is 10.9. The van der Waals surface area contributed by atoms with Crippen LogP contribution in [-0.2, 0) is 11.3 Å². The smallest absolute Gasteiger partial charge is 0.231 e. The SMILES string of the molecule is CC(C)N(CC(N)=O)Cc1cnc(NN)cn1. The van der Waals surface area contributed by atoms with Crippen molar-refractivity contribution in [3.63, 3.8) is 0 Å². The van der Waals surface area contributed by atoms with E-state index >= 15 is 0 Å². The minimum atomic E-state index is -0.355. The minimum absolute atomic E-state index is 0.205. The van der Waals surface area contributed by atoms with Gasteiger partial charge in [-0.1, -0.05) is 0 Å². The number of hydrogen-bond donors (Lipinski definition) is 3. The summed E-state index contributed by atoms with van der Waals surface area (Å²) in [4.78, 5) is 21.1. The monoisotopic (exact) mass is 238 g/mol. The molecule has 7 nitrogen and oxygen atoms in total. The normalized spacial score (nSPS) is 10.9. The van der Waals surface area contributed by atoms with E-state index in [1.54, 1.807) is 6.20 Å². The molecule has 0 fully saturated rings. The number of primary amides is 1. The van der Waals surface area contributed by atoms with Crippen molar-refractivity contribution < 1.29 is 4.79 Å². The summed E-state index contributed by atoms with van der Waals surface area (Å²) in [5, 5.41) is 0. The number of nitrogens with zero attached hydrogens (tertiary/aromatic N) is 3. The Labute approximate surface area is 100 Å². The maximum Gasteiger partial charge on any atom is 0.231 e. The number of amides is 1. The number of nitrogens with two attached hydrogens (primary N) is 2. The third kappa shape index (κ3) is 4.33. The Morgan fingerprint density at radius 3 is 2.59 bits per heavy atom. The molecule has 0 bridgehead atoms. The Bertz CT molecular complexity index is 364. The number of carbonyl (C=O) groups is 1. The molecule has 0 aliphatic heterocycles. The van der Waals surface area contributed by atoms with Crippen LogP contribution in [-0.4, -0.2) is 33.4 Å². The summed E-state index contributed by atoms with van der Waals surface area (Å²) in [6, 6.07) is 0.205. The summed E-state index contributed by atoms with van der Waals surface area (Å²) >= 11 is 0. The predicted molar refractivity (Wildman–Crippen MR) is 64.6 cm³/mol. The number of rotatable bonds is 6. The van der Waals surface area contributed by atoms with E-state index in [0.29, 0.717) is 12.4 Å². The fraction of sp³-hybridized carbons (Fsp3) is 0.500. The van der Waals surface area contributed by atoms with E-state index in [2.05, 4.69) is 15.4 Å². The van der Waals surface area contributed by atoms with Crippen LogP contribution in [0.3, 0.4) is 0 Å². The zero-order valence-electron chi connectivity index (χ0n) is 10.1. The lowest BCUT2D eigenvalue weighted by Crippen LogP contribution is -2.38. The van der Waals surface area contributed by atoms with Gasteiger partial charge >= 0.3 is 0 Å². The van der Waals surface area contributed by atoms with Gasteiger partial charge in [0, 0.05) is 12.6 Å². The Morgan fingerprint density at radius 2 is 2.18 bits per heavy atom. The van der Waals surface area contributed by atoms with Gasteiger partial charge in [0.2, 0.25) is 5.91 Å². The summed E-state index contributed by atoms with van der Waals surface area (Å²) in [6.45, 7) is 4.72. The molecule has 7 heteroatoms. The first-order valence-electron chi connectivity index (χ1n) is 5.32. The summed E-state index contributed by atoms with van der Waals surface area (Å²) < 4.78 is 0. The molecular weight excluding hydrogens is 220 g/mol.